The molecule has 26 heavy (non-hydrogen) atoms. The Morgan fingerprint density at radius 1 is 1.15 bits per heavy atom. The summed E-state index contributed by atoms with van der Waals surface area (Å²) in [5, 5.41) is 14.9. The fourth-order valence-corrected chi connectivity index (χ4v) is 2.87. The Hall–Kier alpha value is -2.50. The lowest BCUT2D eigenvalue weighted by Crippen LogP contribution is -2.44. The van der Waals surface area contributed by atoms with Crippen LogP contribution in [0.15, 0.2) is 35.3 Å². The van der Waals surface area contributed by atoms with E-state index in [9.17, 15) is 0 Å². The number of para-hydroxylation sites is 1. The normalized spacial score (nSPS) is 13.0. The average molecular weight is 357 g/mol. The second-order valence-corrected chi connectivity index (χ2v) is 6.94. The highest BCUT2D eigenvalue weighted by atomic mass is 15.3. The second kappa shape index (κ2) is 9.27. The predicted octanol–water partition coefficient (Wildman–Crippen LogP) is 2.84. The van der Waals surface area contributed by atoms with Crippen molar-refractivity contribution in [3.8, 4) is 0 Å². The molecule has 1 heterocycles. The molecule has 2 rings (SSSR count). The van der Waals surface area contributed by atoms with Crippen LogP contribution in [0.2, 0.25) is 0 Å². The molecule has 0 saturated heterocycles. The van der Waals surface area contributed by atoms with Crippen LogP contribution in [0.25, 0.3) is 0 Å². The first-order chi connectivity index (χ1) is 12.4. The predicted molar refractivity (Wildman–Crippen MR) is 110 cm³/mol. The number of aliphatic imine (C=N–C) groups is 1. The van der Waals surface area contributed by atoms with Crippen LogP contribution in [-0.4, -0.2) is 35.4 Å². The van der Waals surface area contributed by atoms with E-state index >= 15 is 0 Å². The quantitative estimate of drug-likeness (QED) is 0.527. The molecule has 142 valence electrons. The van der Waals surface area contributed by atoms with Crippen LogP contribution in [0.5, 0.6) is 0 Å². The zero-order valence-electron chi connectivity index (χ0n) is 16.8. The molecule has 2 aromatic rings. The van der Waals surface area contributed by atoms with Crippen LogP contribution in [0.3, 0.4) is 0 Å². The highest BCUT2D eigenvalue weighted by Crippen LogP contribution is 2.12. The molecule has 0 fully saturated rings. The molecule has 0 bridgehead atoms. The van der Waals surface area contributed by atoms with Gasteiger partial charge in [0.05, 0.1) is 5.69 Å². The second-order valence-electron chi connectivity index (χ2n) is 6.94. The van der Waals surface area contributed by atoms with Gasteiger partial charge in [-0.05, 0) is 31.9 Å². The molecular formula is C20H32N6. The molecule has 6 nitrogen and oxygen atoms in total. The maximum absolute atomic E-state index is 4.47. The zero-order valence-corrected chi connectivity index (χ0v) is 16.8. The first-order valence-electron chi connectivity index (χ1n) is 9.17. The topological polar surface area (TPSA) is 66.3 Å². The van der Waals surface area contributed by atoms with E-state index in [2.05, 4.69) is 58.9 Å². The minimum Gasteiger partial charge on any atom is -0.380 e. The number of benzene rings is 1. The largest absolute Gasteiger partial charge is 0.380 e. The van der Waals surface area contributed by atoms with E-state index in [0.29, 0.717) is 18.5 Å². The van der Waals surface area contributed by atoms with E-state index in [1.807, 2.05) is 36.9 Å². The number of rotatable bonds is 7. The Labute approximate surface area is 157 Å². The maximum atomic E-state index is 4.47. The van der Waals surface area contributed by atoms with Crippen molar-refractivity contribution in [1.29, 1.82) is 0 Å². The van der Waals surface area contributed by atoms with Crippen molar-refractivity contribution in [2.24, 2.45) is 18.0 Å². The number of hydrogen-bond acceptors (Lipinski definition) is 3. The summed E-state index contributed by atoms with van der Waals surface area (Å²) in [6.07, 6.45) is 0. The Morgan fingerprint density at radius 2 is 1.85 bits per heavy atom. The summed E-state index contributed by atoms with van der Waals surface area (Å²) in [6, 6.07) is 10.6. The van der Waals surface area contributed by atoms with E-state index < -0.39 is 0 Å². The summed E-state index contributed by atoms with van der Waals surface area (Å²) >= 11 is 0. The highest BCUT2D eigenvalue weighted by molar-refractivity contribution is 5.79. The molecule has 0 aliphatic heterocycles. The lowest BCUT2D eigenvalue weighted by Gasteiger charge is -2.25. The van der Waals surface area contributed by atoms with Crippen molar-refractivity contribution in [2.75, 3.05) is 18.9 Å². The van der Waals surface area contributed by atoms with Gasteiger partial charge in [0.15, 0.2) is 5.96 Å². The van der Waals surface area contributed by atoms with Gasteiger partial charge < -0.3 is 16.0 Å². The van der Waals surface area contributed by atoms with Crippen LogP contribution in [0.1, 0.15) is 30.8 Å². The molecule has 1 aromatic heterocycles. The number of hydrogen-bond donors (Lipinski definition) is 3. The van der Waals surface area contributed by atoms with Crippen molar-refractivity contribution in [2.45, 2.75) is 40.3 Å². The molecule has 6 heteroatoms. The molecule has 0 spiro atoms. The first-order valence-corrected chi connectivity index (χ1v) is 9.17. The molecule has 3 N–H and O–H groups in total. The molecule has 0 saturated carbocycles. The summed E-state index contributed by atoms with van der Waals surface area (Å²) in [7, 11) is 3.77. The van der Waals surface area contributed by atoms with Crippen LogP contribution in [0.4, 0.5) is 5.69 Å². The maximum Gasteiger partial charge on any atom is 0.191 e. The van der Waals surface area contributed by atoms with E-state index in [-0.39, 0.29) is 0 Å². The van der Waals surface area contributed by atoms with Gasteiger partial charge in [-0.3, -0.25) is 9.67 Å². The van der Waals surface area contributed by atoms with Crippen molar-refractivity contribution in [3.05, 3.63) is 47.3 Å². The SMILES string of the molecule is CN=C(NCc1c(C)nn(C)c1C)NCC(Nc1ccccc1)C(C)C. The molecule has 0 aliphatic rings. The molecule has 0 radical (unpaired) electrons. The first kappa shape index (κ1) is 19.8. The highest BCUT2D eigenvalue weighted by Gasteiger charge is 2.14. The van der Waals surface area contributed by atoms with Crippen LogP contribution < -0.4 is 16.0 Å². The number of aromatic nitrogens is 2. The number of guanidine groups is 1. The Balaban J connectivity index is 1.91. The van der Waals surface area contributed by atoms with Crippen LogP contribution in [-0.2, 0) is 13.6 Å². The lowest BCUT2D eigenvalue weighted by molar-refractivity contribution is 0.512. The number of aryl methyl sites for hydroxylation is 2. The Bertz CT molecular complexity index is 717. The van der Waals surface area contributed by atoms with Crippen molar-refractivity contribution in [1.82, 2.24) is 20.4 Å². The minimum atomic E-state index is 0.304. The Morgan fingerprint density at radius 3 is 2.38 bits per heavy atom. The zero-order chi connectivity index (χ0) is 19.1. The molecule has 1 unspecified atom stereocenters. The van der Waals surface area contributed by atoms with Gasteiger partial charge >= 0.3 is 0 Å². The fourth-order valence-electron chi connectivity index (χ4n) is 2.87. The summed E-state index contributed by atoms with van der Waals surface area (Å²) in [4.78, 5) is 4.35. The summed E-state index contributed by atoms with van der Waals surface area (Å²) in [5.74, 6) is 1.29. The van der Waals surface area contributed by atoms with Gasteiger partial charge in [-0.15, -0.1) is 0 Å². The van der Waals surface area contributed by atoms with Gasteiger partial charge in [0.25, 0.3) is 0 Å². The van der Waals surface area contributed by atoms with Crippen molar-refractivity contribution < 1.29 is 0 Å². The van der Waals surface area contributed by atoms with Gasteiger partial charge in [-0.2, -0.15) is 5.10 Å². The van der Waals surface area contributed by atoms with Gasteiger partial charge in [-0.1, -0.05) is 32.0 Å². The molecular weight excluding hydrogens is 324 g/mol. The monoisotopic (exact) mass is 356 g/mol. The Kier molecular flexibility index (Phi) is 7.06. The summed E-state index contributed by atoms with van der Waals surface area (Å²) in [5.41, 5.74) is 4.59. The average Bonchev–Trinajstić information content (AvgIpc) is 2.87. The molecule has 1 aromatic carbocycles. The number of nitrogens with zero attached hydrogens (tertiary/aromatic N) is 3. The van der Waals surface area contributed by atoms with Gasteiger partial charge in [-0.25, -0.2) is 0 Å². The van der Waals surface area contributed by atoms with Gasteiger partial charge in [0.1, 0.15) is 0 Å². The van der Waals surface area contributed by atoms with Crippen molar-refractivity contribution >= 4 is 11.6 Å². The van der Waals surface area contributed by atoms with Crippen molar-refractivity contribution in [3.63, 3.8) is 0 Å². The standard InChI is InChI=1S/C20H32N6/c1-14(2)19(24-17-10-8-7-9-11-17)13-23-20(21-5)22-12-18-15(3)25-26(6)16(18)4/h7-11,14,19,24H,12-13H2,1-6H3,(H2,21,22,23). The van der Waals surface area contributed by atoms with Gasteiger partial charge in [0.2, 0.25) is 0 Å². The van der Waals surface area contributed by atoms with Crippen LogP contribution in [0, 0.1) is 19.8 Å². The van der Waals surface area contributed by atoms with E-state index in [0.717, 1.165) is 23.9 Å². The third-order valence-corrected chi connectivity index (χ3v) is 4.74. The van der Waals surface area contributed by atoms with E-state index in [1.165, 1.54) is 11.3 Å². The molecule has 1 atom stereocenters. The molecule has 0 aliphatic carbocycles. The summed E-state index contributed by atoms with van der Waals surface area (Å²) < 4.78 is 1.92. The smallest absolute Gasteiger partial charge is 0.191 e. The lowest BCUT2D eigenvalue weighted by atomic mass is 10.0. The minimum absolute atomic E-state index is 0.304. The third kappa shape index (κ3) is 5.25. The van der Waals surface area contributed by atoms with Crippen LogP contribution >= 0.6 is 0 Å². The third-order valence-electron chi connectivity index (χ3n) is 4.74. The number of anilines is 1. The summed E-state index contributed by atoms with van der Waals surface area (Å²) in [6.45, 7) is 10.1. The fraction of sp³-hybridized carbons (Fsp3) is 0.500. The molecule has 0 amide bonds. The van der Waals surface area contributed by atoms with E-state index in [1.54, 1.807) is 7.05 Å². The number of nitrogens with one attached hydrogen (secondary N) is 3. The van der Waals surface area contributed by atoms with E-state index in [4.69, 9.17) is 0 Å². The van der Waals surface area contributed by atoms with Gasteiger partial charge in [0, 0.05) is 50.2 Å².